The average Bonchev–Trinajstić information content (AvgIpc) is 2.37. The van der Waals surface area contributed by atoms with Crippen LogP contribution < -0.4 is 0 Å². The number of para-hydroxylation sites is 1. The lowest BCUT2D eigenvalue weighted by Crippen LogP contribution is -2.09. The first-order chi connectivity index (χ1) is 8.98. The lowest BCUT2D eigenvalue weighted by Gasteiger charge is -2.13. The maximum absolute atomic E-state index is 13.2. The van der Waals surface area contributed by atoms with Crippen molar-refractivity contribution in [3.8, 4) is 0 Å². The zero-order chi connectivity index (χ0) is 13.6. The van der Waals surface area contributed by atoms with E-state index in [0.717, 1.165) is 5.39 Å². The summed E-state index contributed by atoms with van der Waals surface area (Å²) in [4.78, 5) is 3.81. The number of pyridine rings is 1. The van der Waals surface area contributed by atoms with Crippen molar-refractivity contribution >= 4 is 21.7 Å². The van der Waals surface area contributed by atoms with Gasteiger partial charge in [0.2, 0.25) is 0 Å². The predicted octanol–water partition coefficient (Wildman–Crippen LogP) is 4.72. The van der Waals surface area contributed by atoms with Gasteiger partial charge in [0.15, 0.2) is 5.69 Å². The van der Waals surface area contributed by atoms with Crippen LogP contribution in [0.1, 0.15) is 11.3 Å². The largest absolute Gasteiger partial charge is 0.433 e. The Balaban J connectivity index is 2.60. The summed E-state index contributed by atoms with van der Waals surface area (Å²) < 4.78 is 39.5. The van der Waals surface area contributed by atoms with Gasteiger partial charge in [-0.05, 0) is 23.9 Å². The Hall–Kier alpha value is -2.10. The first kappa shape index (κ1) is 12.0. The molecule has 1 heterocycles. The summed E-state index contributed by atoms with van der Waals surface area (Å²) in [6.07, 6.45) is -4.45. The molecule has 0 radical (unpaired) electrons. The van der Waals surface area contributed by atoms with Gasteiger partial charge in [0.1, 0.15) is 0 Å². The molecular formula is C15H10F3N. The second-order valence-corrected chi connectivity index (χ2v) is 4.47. The molecule has 0 amide bonds. The number of alkyl halides is 3. The molecule has 4 heteroatoms. The zero-order valence-corrected chi connectivity index (χ0v) is 10.1. The minimum atomic E-state index is -4.45. The lowest BCUT2D eigenvalue weighted by atomic mass is 10.00. The van der Waals surface area contributed by atoms with E-state index in [1.807, 2.05) is 0 Å². The molecule has 19 heavy (non-hydrogen) atoms. The number of fused-ring (bicyclic) bond motifs is 3. The van der Waals surface area contributed by atoms with Crippen LogP contribution in [0.15, 0.2) is 42.5 Å². The van der Waals surface area contributed by atoms with Crippen molar-refractivity contribution < 1.29 is 13.2 Å². The normalized spacial score (nSPS) is 12.2. The van der Waals surface area contributed by atoms with E-state index >= 15 is 0 Å². The molecule has 0 aliphatic heterocycles. The van der Waals surface area contributed by atoms with E-state index in [2.05, 4.69) is 4.98 Å². The van der Waals surface area contributed by atoms with Gasteiger partial charge in [0, 0.05) is 10.8 Å². The molecule has 0 saturated carbocycles. The summed E-state index contributed by atoms with van der Waals surface area (Å²) in [6.45, 7) is 1.67. The molecule has 1 nitrogen and oxygen atoms in total. The smallest absolute Gasteiger partial charge is 0.243 e. The summed E-state index contributed by atoms with van der Waals surface area (Å²) >= 11 is 0. The third kappa shape index (κ3) is 1.84. The van der Waals surface area contributed by atoms with Crippen LogP contribution in [0, 0.1) is 6.92 Å². The number of hydrogen-bond donors (Lipinski definition) is 0. The minimum absolute atomic E-state index is 0.189. The number of aromatic nitrogens is 1. The first-order valence-electron chi connectivity index (χ1n) is 5.84. The molecule has 0 bridgehead atoms. The molecule has 2 aromatic carbocycles. The van der Waals surface area contributed by atoms with Crippen molar-refractivity contribution in [3.63, 3.8) is 0 Å². The highest BCUT2D eigenvalue weighted by Gasteiger charge is 2.35. The van der Waals surface area contributed by atoms with Crippen LogP contribution in [0.4, 0.5) is 13.2 Å². The third-order valence-electron chi connectivity index (χ3n) is 3.20. The summed E-state index contributed by atoms with van der Waals surface area (Å²) in [5.41, 5.74) is 0.148. The lowest BCUT2D eigenvalue weighted by molar-refractivity contribution is -0.139. The standard InChI is InChI=1S/C15H10F3N/c1-9-5-4-7-11-10-6-2-3-8-12(10)19-14(13(9)11)15(16,17)18/h2-8H,1H3. The van der Waals surface area contributed by atoms with Crippen molar-refractivity contribution in [2.24, 2.45) is 0 Å². The summed E-state index contributed by atoms with van der Waals surface area (Å²) in [6, 6.07) is 12.0. The zero-order valence-electron chi connectivity index (χ0n) is 10.1. The molecule has 0 fully saturated rings. The van der Waals surface area contributed by atoms with Crippen molar-refractivity contribution in [3.05, 3.63) is 53.7 Å². The quantitative estimate of drug-likeness (QED) is 0.534. The molecule has 0 saturated heterocycles. The van der Waals surface area contributed by atoms with Crippen LogP contribution in [0.25, 0.3) is 21.7 Å². The van der Waals surface area contributed by atoms with Crippen molar-refractivity contribution in [2.45, 2.75) is 13.1 Å². The fourth-order valence-corrected chi connectivity index (χ4v) is 2.39. The van der Waals surface area contributed by atoms with Gasteiger partial charge in [-0.2, -0.15) is 13.2 Å². The number of halogens is 3. The Morgan fingerprint density at radius 1 is 0.895 bits per heavy atom. The van der Waals surface area contributed by atoms with E-state index in [9.17, 15) is 13.2 Å². The predicted molar refractivity (Wildman–Crippen MR) is 69.0 cm³/mol. The maximum atomic E-state index is 13.2. The summed E-state index contributed by atoms with van der Waals surface area (Å²) in [7, 11) is 0. The Morgan fingerprint density at radius 3 is 2.32 bits per heavy atom. The molecule has 3 aromatic rings. The summed E-state index contributed by atoms with van der Waals surface area (Å²) in [5.74, 6) is 0. The molecule has 0 unspecified atom stereocenters. The monoisotopic (exact) mass is 261 g/mol. The van der Waals surface area contributed by atoms with Gasteiger partial charge < -0.3 is 0 Å². The topological polar surface area (TPSA) is 12.9 Å². The first-order valence-corrected chi connectivity index (χ1v) is 5.84. The highest BCUT2D eigenvalue weighted by molar-refractivity contribution is 6.07. The second-order valence-electron chi connectivity index (χ2n) is 4.47. The van der Waals surface area contributed by atoms with Gasteiger partial charge in [-0.1, -0.05) is 36.4 Å². The van der Waals surface area contributed by atoms with Crippen LogP contribution in [-0.2, 0) is 6.18 Å². The average molecular weight is 261 g/mol. The van der Waals surface area contributed by atoms with E-state index in [-0.39, 0.29) is 5.39 Å². The summed E-state index contributed by atoms with van der Waals surface area (Å²) in [5, 5.41) is 1.53. The van der Waals surface area contributed by atoms with Gasteiger partial charge in [-0.15, -0.1) is 0 Å². The molecule has 0 N–H and O–H groups in total. The van der Waals surface area contributed by atoms with Gasteiger partial charge >= 0.3 is 6.18 Å². The Bertz CT molecular complexity index is 775. The van der Waals surface area contributed by atoms with Gasteiger partial charge in [0.05, 0.1) is 5.52 Å². The highest BCUT2D eigenvalue weighted by Crippen LogP contribution is 2.37. The second kappa shape index (κ2) is 3.95. The van der Waals surface area contributed by atoms with E-state index in [1.165, 1.54) is 0 Å². The van der Waals surface area contributed by atoms with Crippen LogP contribution >= 0.6 is 0 Å². The van der Waals surface area contributed by atoms with Crippen molar-refractivity contribution in [2.75, 3.05) is 0 Å². The third-order valence-corrected chi connectivity index (χ3v) is 3.20. The van der Waals surface area contributed by atoms with E-state index < -0.39 is 11.9 Å². The molecule has 1 aromatic heterocycles. The van der Waals surface area contributed by atoms with Gasteiger partial charge in [-0.3, -0.25) is 0 Å². The fourth-order valence-electron chi connectivity index (χ4n) is 2.39. The molecule has 0 spiro atoms. The van der Waals surface area contributed by atoms with Gasteiger partial charge in [0.25, 0.3) is 0 Å². The molecule has 0 atom stereocenters. The van der Waals surface area contributed by atoms with Crippen molar-refractivity contribution in [1.29, 1.82) is 0 Å². The highest BCUT2D eigenvalue weighted by atomic mass is 19.4. The number of hydrogen-bond acceptors (Lipinski definition) is 1. The van der Waals surface area contributed by atoms with Crippen LogP contribution in [0.3, 0.4) is 0 Å². The molecule has 0 aliphatic carbocycles. The number of aryl methyl sites for hydroxylation is 1. The molecular weight excluding hydrogens is 251 g/mol. The number of benzene rings is 2. The number of rotatable bonds is 0. The Labute approximate surface area is 107 Å². The molecule has 96 valence electrons. The SMILES string of the molecule is Cc1cccc2c1c(C(F)(F)F)nc1ccccc12. The van der Waals surface area contributed by atoms with Crippen LogP contribution in [0.5, 0.6) is 0 Å². The molecule has 0 aliphatic rings. The van der Waals surface area contributed by atoms with Crippen molar-refractivity contribution in [1.82, 2.24) is 4.98 Å². The van der Waals surface area contributed by atoms with Gasteiger partial charge in [-0.25, -0.2) is 4.98 Å². The Kier molecular flexibility index (Phi) is 2.49. The minimum Gasteiger partial charge on any atom is -0.243 e. The Morgan fingerprint density at radius 2 is 1.58 bits per heavy atom. The van der Waals surface area contributed by atoms with E-state index in [1.54, 1.807) is 49.4 Å². The fraction of sp³-hybridized carbons (Fsp3) is 0.133. The van der Waals surface area contributed by atoms with Crippen LogP contribution in [-0.4, -0.2) is 4.98 Å². The number of nitrogens with zero attached hydrogens (tertiary/aromatic N) is 1. The van der Waals surface area contributed by atoms with E-state index in [4.69, 9.17) is 0 Å². The molecule has 3 rings (SSSR count). The van der Waals surface area contributed by atoms with Crippen LogP contribution in [0.2, 0.25) is 0 Å². The van der Waals surface area contributed by atoms with E-state index in [0.29, 0.717) is 16.5 Å². The maximum Gasteiger partial charge on any atom is 0.433 e.